The molecule has 168 valence electrons. The van der Waals surface area contributed by atoms with E-state index >= 15 is 0 Å². The Morgan fingerprint density at radius 3 is 2.56 bits per heavy atom. The van der Waals surface area contributed by atoms with Crippen molar-refractivity contribution in [1.29, 1.82) is 0 Å². The molecule has 1 aromatic heterocycles. The molecule has 1 saturated heterocycles. The fourth-order valence-corrected chi connectivity index (χ4v) is 6.72. The number of aromatic nitrogens is 2. The third kappa shape index (κ3) is 5.24. The Hall–Kier alpha value is -2.58. The number of nitrogens with zero attached hydrogens (tertiary/aromatic N) is 2. The number of carbonyl (C=O) groups excluding carboxylic acids is 1. The van der Waals surface area contributed by atoms with Crippen LogP contribution >= 0.6 is 11.8 Å². The van der Waals surface area contributed by atoms with Crippen LogP contribution in [0.25, 0.3) is 0 Å². The lowest BCUT2D eigenvalue weighted by Crippen LogP contribution is -2.17. The van der Waals surface area contributed by atoms with E-state index in [-0.39, 0.29) is 29.9 Å². The molecule has 1 aliphatic heterocycles. The lowest BCUT2D eigenvalue weighted by atomic mass is 10.1. The van der Waals surface area contributed by atoms with Crippen molar-refractivity contribution < 1.29 is 13.2 Å². The van der Waals surface area contributed by atoms with E-state index in [4.69, 9.17) is 0 Å². The lowest BCUT2D eigenvalue weighted by molar-refractivity contribution is -0.115. The molecule has 3 aromatic rings. The van der Waals surface area contributed by atoms with Crippen LogP contribution in [0.4, 0.5) is 5.69 Å². The molecule has 1 unspecified atom stereocenters. The van der Waals surface area contributed by atoms with Crippen molar-refractivity contribution in [3.63, 3.8) is 0 Å². The van der Waals surface area contributed by atoms with Crippen molar-refractivity contribution in [3.8, 4) is 0 Å². The van der Waals surface area contributed by atoms with Crippen molar-refractivity contribution in [2.45, 2.75) is 43.4 Å². The highest BCUT2D eigenvalue weighted by Crippen LogP contribution is 2.30. The highest BCUT2D eigenvalue weighted by Gasteiger charge is 2.31. The van der Waals surface area contributed by atoms with Gasteiger partial charge in [0.25, 0.3) is 0 Å². The summed E-state index contributed by atoms with van der Waals surface area (Å²) in [4.78, 5) is 13.9. The zero-order valence-electron chi connectivity index (χ0n) is 18.2. The number of anilines is 1. The Labute approximate surface area is 193 Å². The summed E-state index contributed by atoms with van der Waals surface area (Å²) in [6, 6.07) is 17.9. The Bertz CT molecular complexity index is 1220. The van der Waals surface area contributed by atoms with Gasteiger partial charge in [0.2, 0.25) is 5.91 Å². The first kappa shape index (κ1) is 22.6. The van der Waals surface area contributed by atoms with Crippen LogP contribution < -0.4 is 5.32 Å². The topological polar surface area (TPSA) is 81.1 Å². The van der Waals surface area contributed by atoms with Gasteiger partial charge in [0.05, 0.1) is 35.3 Å². The molecular formula is C24H27N3O3S2. The molecule has 2 aromatic carbocycles. The largest absolute Gasteiger partial charge is 0.325 e. The van der Waals surface area contributed by atoms with Gasteiger partial charge in [-0.1, -0.05) is 42.5 Å². The summed E-state index contributed by atoms with van der Waals surface area (Å²) in [7, 11) is -3.00. The van der Waals surface area contributed by atoms with Gasteiger partial charge in [-0.2, -0.15) is 5.10 Å². The fraction of sp³-hybridized carbons (Fsp3) is 0.333. The first-order valence-corrected chi connectivity index (χ1v) is 13.4. The van der Waals surface area contributed by atoms with Crippen molar-refractivity contribution in [3.05, 3.63) is 77.1 Å². The van der Waals surface area contributed by atoms with Crippen LogP contribution in [0.3, 0.4) is 0 Å². The van der Waals surface area contributed by atoms with E-state index < -0.39 is 9.84 Å². The summed E-state index contributed by atoms with van der Waals surface area (Å²) in [5, 5.41) is 7.62. The van der Waals surface area contributed by atoms with Gasteiger partial charge in [-0.15, -0.1) is 11.8 Å². The van der Waals surface area contributed by atoms with Crippen LogP contribution in [0.1, 0.15) is 35.0 Å². The van der Waals surface area contributed by atoms with Gasteiger partial charge in [-0.05, 0) is 38.0 Å². The normalized spacial score (nSPS) is 17.4. The average Bonchev–Trinajstić information content (AvgIpc) is 3.27. The first-order chi connectivity index (χ1) is 15.3. The van der Waals surface area contributed by atoms with Crippen molar-refractivity contribution in [2.24, 2.45) is 0 Å². The number of aryl methyl sites for hydroxylation is 1. The molecule has 0 bridgehead atoms. The van der Waals surface area contributed by atoms with Gasteiger partial charge in [-0.3, -0.25) is 9.48 Å². The molecule has 2 heterocycles. The van der Waals surface area contributed by atoms with Crippen LogP contribution in [0.2, 0.25) is 0 Å². The summed E-state index contributed by atoms with van der Waals surface area (Å²) in [6.45, 7) is 3.79. The maximum Gasteiger partial charge on any atom is 0.228 e. The number of hydrogen-bond donors (Lipinski definition) is 1. The van der Waals surface area contributed by atoms with E-state index in [2.05, 4.69) is 22.5 Å². The minimum absolute atomic E-state index is 0.109. The predicted octanol–water partition coefficient (Wildman–Crippen LogP) is 4.33. The number of para-hydroxylation sites is 1. The zero-order valence-corrected chi connectivity index (χ0v) is 19.9. The first-order valence-electron chi connectivity index (χ1n) is 10.6. The van der Waals surface area contributed by atoms with E-state index in [0.29, 0.717) is 6.42 Å². The van der Waals surface area contributed by atoms with Gasteiger partial charge in [0, 0.05) is 21.9 Å². The molecule has 0 aliphatic carbocycles. The Morgan fingerprint density at radius 1 is 1.12 bits per heavy atom. The maximum absolute atomic E-state index is 12.9. The van der Waals surface area contributed by atoms with Crippen molar-refractivity contribution >= 4 is 33.2 Å². The van der Waals surface area contributed by atoms with E-state index in [1.807, 2.05) is 56.3 Å². The molecule has 0 radical (unpaired) electrons. The molecule has 1 N–H and O–H groups in total. The monoisotopic (exact) mass is 469 g/mol. The standard InChI is InChI=1S/C24H27N3O3S2/c1-17-21(18(2)27(26-17)20-12-13-32(29,30)16-20)14-24(28)25-22-10-6-7-11-23(22)31-15-19-8-4-3-5-9-19/h3-11,20H,12-16H2,1-2H3,(H,25,28). The average molecular weight is 470 g/mol. The number of rotatable bonds is 7. The molecule has 1 atom stereocenters. The molecule has 1 amide bonds. The predicted molar refractivity (Wildman–Crippen MR) is 129 cm³/mol. The molecule has 1 aliphatic rings. The van der Waals surface area contributed by atoms with Crippen LogP contribution in [0.15, 0.2) is 59.5 Å². The number of nitrogens with one attached hydrogen (secondary N) is 1. The van der Waals surface area contributed by atoms with Crippen LogP contribution in [0, 0.1) is 13.8 Å². The fourth-order valence-electron chi connectivity index (χ4n) is 4.06. The number of carbonyl (C=O) groups is 1. The Kier molecular flexibility index (Phi) is 6.71. The molecule has 32 heavy (non-hydrogen) atoms. The van der Waals surface area contributed by atoms with Crippen LogP contribution in [-0.2, 0) is 26.8 Å². The Morgan fingerprint density at radius 2 is 1.84 bits per heavy atom. The minimum Gasteiger partial charge on any atom is -0.325 e. The molecule has 0 spiro atoms. The number of amides is 1. The summed E-state index contributed by atoms with van der Waals surface area (Å²) in [5.41, 5.74) is 4.52. The quantitative estimate of drug-likeness (QED) is 0.521. The van der Waals surface area contributed by atoms with Gasteiger partial charge in [0.1, 0.15) is 0 Å². The van der Waals surface area contributed by atoms with E-state index in [1.54, 1.807) is 16.4 Å². The minimum atomic E-state index is -3.00. The second kappa shape index (κ2) is 9.50. The van der Waals surface area contributed by atoms with E-state index in [9.17, 15) is 13.2 Å². The third-order valence-corrected chi connectivity index (χ3v) is 8.66. The van der Waals surface area contributed by atoms with Gasteiger partial charge in [-0.25, -0.2) is 8.42 Å². The highest BCUT2D eigenvalue weighted by atomic mass is 32.2. The zero-order chi connectivity index (χ0) is 22.7. The number of hydrogen-bond acceptors (Lipinski definition) is 5. The molecular weight excluding hydrogens is 442 g/mol. The summed E-state index contributed by atoms with van der Waals surface area (Å²) in [6.07, 6.45) is 0.775. The maximum atomic E-state index is 12.9. The summed E-state index contributed by atoms with van der Waals surface area (Å²) in [5.74, 6) is 1.03. The van der Waals surface area contributed by atoms with Crippen molar-refractivity contribution in [1.82, 2.24) is 9.78 Å². The summed E-state index contributed by atoms with van der Waals surface area (Å²) < 4.78 is 25.5. The number of sulfone groups is 1. The molecule has 4 rings (SSSR count). The lowest BCUT2D eigenvalue weighted by Gasteiger charge is -2.12. The molecule has 6 nitrogen and oxygen atoms in total. The molecule has 0 saturated carbocycles. The summed E-state index contributed by atoms with van der Waals surface area (Å²) >= 11 is 1.69. The second-order valence-corrected chi connectivity index (χ2v) is 11.4. The number of benzene rings is 2. The van der Waals surface area contributed by atoms with E-state index in [1.165, 1.54) is 5.56 Å². The van der Waals surface area contributed by atoms with Crippen LogP contribution in [-0.4, -0.2) is 35.6 Å². The van der Waals surface area contributed by atoms with Gasteiger partial charge in [0.15, 0.2) is 9.84 Å². The van der Waals surface area contributed by atoms with E-state index in [0.717, 1.165) is 33.3 Å². The molecule has 1 fully saturated rings. The van der Waals surface area contributed by atoms with Gasteiger partial charge < -0.3 is 5.32 Å². The SMILES string of the molecule is Cc1nn(C2CCS(=O)(=O)C2)c(C)c1CC(=O)Nc1ccccc1SCc1ccccc1. The number of thioether (sulfide) groups is 1. The Balaban J connectivity index is 1.45. The smallest absolute Gasteiger partial charge is 0.228 e. The van der Waals surface area contributed by atoms with Crippen LogP contribution in [0.5, 0.6) is 0 Å². The highest BCUT2D eigenvalue weighted by molar-refractivity contribution is 7.98. The molecule has 8 heteroatoms. The second-order valence-electron chi connectivity index (χ2n) is 8.15. The third-order valence-electron chi connectivity index (χ3n) is 5.76. The van der Waals surface area contributed by atoms with Crippen molar-refractivity contribution in [2.75, 3.05) is 16.8 Å². The van der Waals surface area contributed by atoms with Gasteiger partial charge >= 0.3 is 0 Å².